The zero-order chi connectivity index (χ0) is 13.9. The van der Waals surface area contributed by atoms with Crippen LogP contribution in [0.4, 0.5) is 0 Å². The zero-order valence-electron chi connectivity index (χ0n) is 12.5. The summed E-state index contributed by atoms with van der Waals surface area (Å²) in [6.45, 7) is 7.71. The molecule has 2 heteroatoms. The van der Waals surface area contributed by atoms with Crippen molar-refractivity contribution in [1.29, 1.82) is 0 Å². The number of halogens is 1. The van der Waals surface area contributed by atoms with Crippen LogP contribution in [0.25, 0.3) is 0 Å². The third kappa shape index (κ3) is 2.06. The number of likely N-dealkylation sites (tertiary alicyclic amines) is 1. The molecule has 2 bridgehead atoms. The highest BCUT2D eigenvalue weighted by atomic mass is 127. The molecule has 1 aliphatic heterocycles. The number of piperidine rings is 1. The van der Waals surface area contributed by atoms with Crippen molar-refractivity contribution in [3.63, 3.8) is 0 Å². The summed E-state index contributed by atoms with van der Waals surface area (Å²) in [5.74, 6) is 1.81. The summed E-state index contributed by atoms with van der Waals surface area (Å²) in [5.41, 5.74) is 3.68. The van der Waals surface area contributed by atoms with Crippen molar-refractivity contribution in [2.75, 3.05) is 13.1 Å². The molecule has 1 nitrogen and oxygen atoms in total. The second-order valence-corrected chi connectivity index (χ2v) is 8.71. The highest BCUT2D eigenvalue weighted by Crippen LogP contribution is 2.49. The van der Waals surface area contributed by atoms with Gasteiger partial charge in [0.25, 0.3) is 0 Å². The van der Waals surface area contributed by atoms with Gasteiger partial charge in [-0.2, -0.15) is 0 Å². The molecule has 0 spiro atoms. The van der Waals surface area contributed by atoms with Crippen LogP contribution in [-0.2, 0) is 11.8 Å². The summed E-state index contributed by atoms with van der Waals surface area (Å²) < 4.78 is 1.40. The quantitative estimate of drug-likeness (QED) is 0.694. The summed E-state index contributed by atoms with van der Waals surface area (Å²) in [5, 5.41) is 0. The monoisotopic (exact) mass is 381 g/mol. The minimum absolute atomic E-state index is 0.402. The fourth-order valence-corrected chi connectivity index (χ4v) is 5.03. The molecule has 2 fully saturated rings. The van der Waals surface area contributed by atoms with Crippen molar-refractivity contribution in [2.24, 2.45) is 11.8 Å². The van der Waals surface area contributed by atoms with Crippen molar-refractivity contribution in [2.45, 2.75) is 51.0 Å². The SMILES string of the molecule is C[C@H]1C2Cc3ccc(I)cc3[C@@]1(C)CCN2CC1CC1. The van der Waals surface area contributed by atoms with Crippen LogP contribution in [0.3, 0.4) is 0 Å². The summed E-state index contributed by atoms with van der Waals surface area (Å²) in [4.78, 5) is 2.82. The topological polar surface area (TPSA) is 3.24 Å². The lowest BCUT2D eigenvalue weighted by atomic mass is 9.59. The molecule has 1 saturated heterocycles. The van der Waals surface area contributed by atoms with Gasteiger partial charge in [0.2, 0.25) is 0 Å². The van der Waals surface area contributed by atoms with Gasteiger partial charge in [-0.1, -0.05) is 19.9 Å². The van der Waals surface area contributed by atoms with E-state index >= 15 is 0 Å². The summed E-state index contributed by atoms with van der Waals surface area (Å²) >= 11 is 2.47. The molecule has 20 heavy (non-hydrogen) atoms. The Hall–Kier alpha value is -0.0900. The molecule has 108 valence electrons. The Kier molecular flexibility index (Phi) is 3.19. The van der Waals surface area contributed by atoms with E-state index in [1.807, 2.05) is 0 Å². The molecular weight excluding hydrogens is 357 g/mol. The highest BCUT2D eigenvalue weighted by Gasteiger charge is 2.48. The van der Waals surface area contributed by atoms with E-state index in [1.165, 1.54) is 42.3 Å². The number of fused-ring (bicyclic) bond motifs is 4. The van der Waals surface area contributed by atoms with Crippen LogP contribution in [0.5, 0.6) is 0 Å². The molecule has 1 saturated carbocycles. The van der Waals surface area contributed by atoms with E-state index < -0.39 is 0 Å². The molecule has 1 heterocycles. The maximum absolute atomic E-state index is 2.82. The van der Waals surface area contributed by atoms with Gasteiger partial charge in [0.15, 0.2) is 0 Å². The molecule has 4 rings (SSSR count). The van der Waals surface area contributed by atoms with Crippen LogP contribution in [-0.4, -0.2) is 24.0 Å². The van der Waals surface area contributed by atoms with Gasteiger partial charge in [-0.3, -0.25) is 4.90 Å². The van der Waals surface area contributed by atoms with Gasteiger partial charge < -0.3 is 0 Å². The number of benzene rings is 1. The first-order chi connectivity index (χ1) is 9.58. The van der Waals surface area contributed by atoms with E-state index in [-0.39, 0.29) is 0 Å². The van der Waals surface area contributed by atoms with E-state index in [9.17, 15) is 0 Å². The van der Waals surface area contributed by atoms with Gasteiger partial charge in [0.1, 0.15) is 0 Å². The van der Waals surface area contributed by atoms with Crippen LogP contribution < -0.4 is 0 Å². The van der Waals surface area contributed by atoms with E-state index in [4.69, 9.17) is 0 Å². The molecule has 0 aromatic heterocycles. The molecule has 0 amide bonds. The second kappa shape index (κ2) is 4.70. The Morgan fingerprint density at radius 3 is 2.90 bits per heavy atom. The molecule has 1 aromatic carbocycles. The molecule has 1 unspecified atom stereocenters. The average molecular weight is 381 g/mol. The van der Waals surface area contributed by atoms with Crippen molar-refractivity contribution >= 4 is 22.6 Å². The Morgan fingerprint density at radius 1 is 1.35 bits per heavy atom. The van der Waals surface area contributed by atoms with Crippen LogP contribution in [0, 0.1) is 15.4 Å². The molecule has 3 atom stereocenters. The minimum Gasteiger partial charge on any atom is -0.299 e. The van der Waals surface area contributed by atoms with Gasteiger partial charge >= 0.3 is 0 Å². The third-order valence-corrected chi connectivity index (χ3v) is 6.95. The summed E-state index contributed by atoms with van der Waals surface area (Å²) in [7, 11) is 0. The molecule has 2 aliphatic carbocycles. The predicted octanol–water partition coefficient (Wildman–Crippen LogP) is 4.23. The van der Waals surface area contributed by atoms with Crippen molar-refractivity contribution in [1.82, 2.24) is 4.90 Å². The first kappa shape index (κ1) is 13.6. The molecule has 3 aliphatic rings. The molecular formula is C18H24IN. The Bertz CT molecular complexity index is 536. The maximum atomic E-state index is 2.82. The summed E-state index contributed by atoms with van der Waals surface area (Å²) in [6, 6.07) is 7.93. The third-order valence-electron chi connectivity index (χ3n) is 6.28. The predicted molar refractivity (Wildman–Crippen MR) is 92.1 cm³/mol. The lowest BCUT2D eigenvalue weighted by molar-refractivity contribution is 0.0284. The molecule has 1 aromatic rings. The van der Waals surface area contributed by atoms with Crippen molar-refractivity contribution < 1.29 is 0 Å². The number of hydrogen-bond acceptors (Lipinski definition) is 1. The lowest BCUT2D eigenvalue weighted by Crippen LogP contribution is -2.58. The average Bonchev–Trinajstić information content (AvgIpc) is 3.22. The second-order valence-electron chi connectivity index (χ2n) is 7.47. The fraction of sp³-hybridized carbons (Fsp3) is 0.667. The van der Waals surface area contributed by atoms with Gasteiger partial charge in [-0.15, -0.1) is 0 Å². The van der Waals surface area contributed by atoms with E-state index in [0.29, 0.717) is 5.41 Å². The van der Waals surface area contributed by atoms with E-state index in [2.05, 4.69) is 59.5 Å². The Labute approximate surface area is 136 Å². The molecule has 0 N–H and O–H groups in total. The van der Waals surface area contributed by atoms with Crippen LogP contribution in [0.1, 0.15) is 44.2 Å². The first-order valence-corrected chi connectivity index (χ1v) is 9.19. The van der Waals surface area contributed by atoms with Crippen molar-refractivity contribution in [3.05, 3.63) is 32.9 Å². The van der Waals surface area contributed by atoms with E-state index in [0.717, 1.165) is 17.9 Å². The Balaban J connectivity index is 1.71. The van der Waals surface area contributed by atoms with Crippen LogP contribution in [0.2, 0.25) is 0 Å². The van der Waals surface area contributed by atoms with Gasteiger partial charge in [-0.05, 0) is 95.3 Å². The smallest absolute Gasteiger partial charge is 0.0170 e. The van der Waals surface area contributed by atoms with Crippen LogP contribution >= 0.6 is 22.6 Å². The largest absolute Gasteiger partial charge is 0.299 e. The van der Waals surface area contributed by atoms with Gasteiger partial charge in [0, 0.05) is 16.2 Å². The normalized spacial score (nSPS) is 36.8. The number of hydrogen-bond donors (Lipinski definition) is 0. The maximum Gasteiger partial charge on any atom is 0.0170 e. The zero-order valence-corrected chi connectivity index (χ0v) is 14.7. The van der Waals surface area contributed by atoms with Crippen LogP contribution in [0.15, 0.2) is 18.2 Å². The summed E-state index contributed by atoms with van der Waals surface area (Å²) in [6.07, 6.45) is 5.56. The van der Waals surface area contributed by atoms with Gasteiger partial charge in [0.05, 0.1) is 0 Å². The number of rotatable bonds is 2. The molecule has 0 radical (unpaired) electrons. The lowest BCUT2D eigenvalue weighted by Gasteiger charge is -2.54. The Morgan fingerprint density at radius 2 is 2.15 bits per heavy atom. The van der Waals surface area contributed by atoms with E-state index in [1.54, 1.807) is 11.1 Å². The fourth-order valence-electron chi connectivity index (χ4n) is 4.54. The highest BCUT2D eigenvalue weighted by molar-refractivity contribution is 14.1. The van der Waals surface area contributed by atoms with Gasteiger partial charge in [-0.25, -0.2) is 0 Å². The standard InChI is InChI=1S/C18H24IN/c1-12-17-9-14-5-6-15(19)10-16(14)18(12,2)7-8-20(17)11-13-3-4-13/h5-6,10,12-13,17H,3-4,7-9,11H2,1-2H3/t12-,17?,18-/m0/s1. The van der Waals surface area contributed by atoms with Crippen molar-refractivity contribution in [3.8, 4) is 0 Å². The minimum atomic E-state index is 0.402. The number of nitrogens with zero attached hydrogens (tertiary/aromatic N) is 1. The first-order valence-electron chi connectivity index (χ1n) is 8.11.